The number of carboxylic acid groups (broad SMARTS) is 1. The van der Waals surface area contributed by atoms with Gasteiger partial charge in [0.1, 0.15) is 12.5 Å². The Kier molecular flexibility index (Phi) is 10.0. The molecule has 3 fully saturated rings. The molecule has 3 aromatic carbocycles. The molecule has 3 aromatic rings. The molecule has 0 aliphatic carbocycles. The van der Waals surface area contributed by atoms with Gasteiger partial charge in [0.05, 0.1) is 26.2 Å². The van der Waals surface area contributed by atoms with Crippen molar-refractivity contribution < 1.29 is 37.1 Å². The second-order valence-corrected chi connectivity index (χ2v) is 10.7. The number of aliphatic carboxylic acids is 1. The summed E-state index contributed by atoms with van der Waals surface area (Å²) in [6.07, 6.45) is -0.793. The number of fused-ring (bicyclic) bond motifs is 3. The largest absolute Gasteiger partial charge is 0.542 e. The van der Waals surface area contributed by atoms with Gasteiger partial charge in [-0.25, -0.2) is 4.79 Å². The van der Waals surface area contributed by atoms with Crippen LogP contribution in [0.5, 0.6) is 0 Å². The molecule has 41 heavy (non-hydrogen) atoms. The van der Waals surface area contributed by atoms with Crippen molar-refractivity contribution in [3.05, 3.63) is 102 Å². The van der Waals surface area contributed by atoms with Crippen LogP contribution in [0.15, 0.2) is 91.0 Å². The van der Waals surface area contributed by atoms with E-state index in [-0.39, 0.29) is 12.2 Å². The molecule has 6 nitrogen and oxygen atoms in total. The zero-order valence-corrected chi connectivity index (χ0v) is 22.8. The van der Waals surface area contributed by atoms with Crippen LogP contribution < -0.4 is 10.0 Å². The number of anilines is 1. The van der Waals surface area contributed by atoms with E-state index in [0.29, 0.717) is 12.5 Å². The molecule has 6 rings (SSSR count). The third-order valence-electron chi connectivity index (χ3n) is 7.94. The average Bonchev–Trinajstić information content (AvgIpc) is 2.98. The number of alkyl halides is 3. The summed E-state index contributed by atoms with van der Waals surface area (Å²) in [5, 5.41) is 8.78. The highest BCUT2D eigenvalue weighted by atomic mass is 19.4. The molecule has 3 aliphatic heterocycles. The molecule has 3 aliphatic rings. The quantitative estimate of drug-likeness (QED) is 0.343. The van der Waals surface area contributed by atoms with E-state index in [2.05, 4.69) is 42.5 Å². The SMILES string of the molecule is O=C(O[C@H]1C[N+]2(CCCc3ccccc3)CCC1CC2)N(Cc1ccccc1)c1ccccc1.O=C([O-])C(F)(F)F. The lowest BCUT2D eigenvalue weighted by molar-refractivity contribution is -0.946. The molecular formula is C32H35F3N2O4. The van der Waals surface area contributed by atoms with Crippen molar-refractivity contribution >= 4 is 17.7 Å². The smallest absolute Gasteiger partial charge is 0.430 e. The first-order chi connectivity index (χ1) is 19.7. The second kappa shape index (κ2) is 13.7. The molecule has 0 radical (unpaired) electrons. The number of benzene rings is 3. The highest BCUT2D eigenvalue weighted by molar-refractivity contribution is 5.87. The van der Waals surface area contributed by atoms with Crippen molar-refractivity contribution in [3.8, 4) is 0 Å². The maximum Gasteiger partial charge on any atom is 0.430 e. The second-order valence-electron chi connectivity index (χ2n) is 10.7. The molecular weight excluding hydrogens is 533 g/mol. The Morgan fingerprint density at radius 2 is 1.37 bits per heavy atom. The zero-order chi connectivity index (χ0) is 29.3. The van der Waals surface area contributed by atoms with E-state index in [1.807, 2.05) is 48.5 Å². The molecule has 3 heterocycles. The number of hydrogen-bond acceptors (Lipinski definition) is 4. The summed E-state index contributed by atoms with van der Waals surface area (Å²) in [6, 6.07) is 30.8. The average molecular weight is 569 g/mol. The zero-order valence-electron chi connectivity index (χ0n) is 22.8. The number of rotatable bonds is 8. The van der Waals surface area contributed by atoms with Gasteiger partial charge in [-0.05, 0) is 29.7 Å². The highest BCUT2D eigenvalue weighted by Crippen LogP contribution is 2.36. The number of carbonyl (C=O) groups is 2. The summed E-state index contributed by atoms with van der Waals surface area (Å²) >= 11 is 0. The monoisotopic (exact) mass is 568 g/mol. The number of amides is 1. The van der Waals surface area contributed by atoms with Crippen molar-refractivity contribution in [1.82, 2.24) is 0 Å². The van der Waals surface area contributed by atoms with Crippen molar-refractivity contribution in [2.24, 2.45) is 5.92 Å². The van der Waals surface area contributed by atoms with E-state index in [4.69, 9.17) is 14.6 Å². The van der Waals surface area contributed by atoms with Gasteiger partial charge in [-0.1, -0.05) is 78.9 Å². The third kappa shape index (κ3) is 8.57. The number of aryl methyl sites for hydroxylation is 1. The van der Waals surface area contributed by atoms with Crippen LogP contribution in [0, 0.1) is 5.92 Å². The van der Waals surface area contributed by atoms with Gasteiger partial charge in [0, 0.05) is 30.9 Å². The number of nitrogens with zero attached hydrogens (tertiary/aromatic N) is 2. The predicted octanol–water partition coefficient (Wildman–Crippen LogP) is 5.37. The van der Waals surface area contributed by atoms with Crippen LogP contribution in [0.3, 0.4) is 0 Å². The normalized spacial score (nSPS) is 21.3. The van der Waals surface area contributed by atoms with Crippen LogP contribution in [-0.2, 0) is 22.5 Å². The summed E-state index contributed by atoms with van der Waals surface area (Å²) in [5.41, 5.74) is 3.39. The van der Waals surface area contributed by atoms with E-state index in [9.17, 15) is 18.0 Å². The molecule has 0 N–H and O–H groups in total. The van der Waals surface area contributed by atoms with Crippen LogP contribution in [0.2, 0.25) is 0 Å². The Morgan fingerprint density at radius 3 is 1.90 bits per heavy atom. The van der Waals surface area contributed by atoms with E-state index in [0.717, 1.165) is 41.5 Å². The molecule has 0 unspecified atom stereocenters. The molecule has 1 amide bonds. The molecule has 1 atom stereocenters. The topological polar surface area (TPSA) is 69.7 Å². The lowest BCUT2D eigenvalue weighted by Crippen LogP contribution is -2.65. The van der Waals surface area contributed by atoms with Gasteiger partial charge in [-0.2, -0.15) is 13.2 Å². The Labute approximate surface area is 238 Å². The van der Waals surface area contributed by atoms with Gasteiger partial charge in [0.25, 0.3) is 0 Å². The summed E-state index contributed by atoms with van der Waals surface area (Å²) in [4.78, 5) is 24.1. The van der Waals surface area contributed by atoms with Crippen molar-refractivity contribution in [2.75, 3.05) is 31.1 Å². The van der Waals surface area contributed by atoms with Gasteiger partial charge in [-0.3, -0.25) is 4.90 Å². The minimum absolute atomic E-state index is 0.00807. The van der Waals surface area contributed by atoms with E-state index >= 15 is 0 Å². The molecule has 0 aromatic heterocycles. The summed E-state index contributed by atoms with van der Waals surface area (Å²) in [5.74, 6) is -2.51. The standard InChI is InChI=1S/C30H35N2O2.C2HF3O2/c33-30(31(28-16-8-3-9-17-28)23-26-13-6-2-7-14-26)34-29-24-32(21-18-27(29)19-22-32)20-10-15-25-11-4-1-5-12-25;3-2(4,5)1(6)7/h1-9,11-14,16-17,27,29H,10,15,18-24H2;(H,6,7)/q+1;/p-1/t27?,29-,32?;/m0./s1. The van der Waals surface area contributed by atoms with E-state index < -0.39 is 12.1 Å². The third-order valence-corrected chi connectivity index (χ3v) is 7.94. The van der Waals surface area contributed by atoms with E-state index in [1.54, 1.807) is 4.90 Å². The number of carboxylic acids is 1. The molecule has 9 heteroatoms. The fourth-order valence-electron chi connectivity index (χ4n) is 5.76. The molecule has 0 spiro atoms. The van der Waals surface area contributed by atoms with Crippen molar-refractivity contribution in [2.45, 2.75) is 44.5 Å². The highest BCUT2D eigenvalue weighted by Gasteiger charge is 2.47. The minimum Gasteiger partial charge on any atom is -0.542 e. The first-order valence-corrected chi connectivity index (χ1v) is 13.9. The number of quaternary nitrogens is 1. The predicted molar refractivity (Wildman–Crippen MR) is 148 cm³/mol. The summed E-state index contributed by atoms with van der Waals surface area (Å²) < 4.78 is 38.9. The van der Waals surface area contributed by atoms with Crippen LogP contribution in [0.4, 0.5) is 23.7 Å². The van der Waals surface area contributed by atoms with Crippen LogP contribution in [-0.4, -0.2) is 55.0 Å². The Balaban J connectivity index is 0.000000493. The maximum absolute atomic E-state index is 13.5. The van der Waals surface area contributed by atoms with Gasteiger partial charge in [-0.15, -0.1) is 0 Å². The van der Waals surface area contributed by atoms with Crippen LogP contribution in [0.1, 0.15) is 30.4 Å². The fourth-order valence-corrected chi connectivity index (χ4v) is 5.76. The lowest BCUT2D eigenvalue weighted by atomic mass is 9.83. The number of para-hydroxylation sites is 1. The van der Waals surface area contributed by atoms with Crippen molar-refractivity contribution in [3.63, 3.8) is 0 Å². The van der Waals surface area contributed by atoms with Gasteiger partial charge >= 0.3 is 12.3 Å². The first kappa shape index (κ1) is 30.1. The Hall–Kier alpha value is -3.85. The van der Waals surface area contributed by atoms with Crippen LogP contribution in [0.25, 0.3) is 0 Å². The molecule has 2 bridgehead atoms. The number of hydrogen-bond donors (Lipinski definition) is 0. The molecule has 0 saturated carbocycles. The number of carbonyl (C=O) groups excluding carboxylic acids is 2. The number of ether oxygens (including phenoxy) is 1. The summed E-state index contributed by atoms with van der Waals surface area (Å²) in [6.45, 7) is 5.08. The Morgan fingerprint density at radius 1 is 0.854 bits per heavy atom. The fraction of sp³-hybridized carbons (Fsp3) is 0.375. The summed E-state index contributed by atoms with van der Waals surface area (Å²) in [7, 11) is 0. The maximum atomic E-state index is 13.5. The van der Waals surface area contributed by atoms with Crippen LogP contribution >= 0.6 is 0 Å². The number of piperidine rings is 3. The Bertz CT molecular complexity index is 1250. The number of halogens is 3. The van der Waals surface area contributed by atoms with Crippen molar-refractivity contribution in [1.29, 1.82) is 0 Å². The lowest BCUT2D eigenvalue weighted by Gasteiger charge is -2.52. The minimum atomic E-state index is -5.19. The first-order valence-electron chi connectivity index (χ1n) is 13.9. The van der Waals surface area contributed by atoms with Gasteiger partial charge in [0.15, 0.2) is 6.10 Å². The molecule has 218 valence electrons. The van der Waals surface area contributed by atoms with Gasteiger partial charge < -0.3 is 19.1 Å². The molecule has 3 saturated heterocycles. The van der Waals surface area contributed by atoms with E-state index in [1.165, 1.54) is 31.6 Å². The van der Waals surface area contributed by atoms with Gasteiger partial charge in [0.2, 0.25) is 0 Å².